The van der Waals surface area contributed by atoms with E-state index in [4.69, 9.17) is 4.74 Å². The summed E-state index contributed by atoms with van der Waals surface area (Å²) in [6, 6.07) is 8.36. The van der Waals surface area contributed by atoms with Crippen molar-refractivity contribution in [3.05, 3.63) is 35.4 Å². The first kappa shape index (κ1) is 12.6. The smallest absolute Gasteiger partial charge is 0.0793 e. The summed E-state index contributed by atoms with van der Waals surface area (Å²) in [5.41, 5.74) is 2.38. The molecule has 0 saturated carbocycles. The van der Waals surface area contributed by atoms with Crippen molar-refractivity contribution < 1.29 is 9.84 Å². The average molecular weight is 234 g/mol. The molecule has 0 spiro atoms. The molecule has 0 bridgehead atoms. The molecule has 1 aromatic rings. The van der Waals surface area contributed by atoms with Crippen LogP contribution in [0.2, 0.25) is 0 Å². The van der Waals surface area contributed by atoms with Gasteiger partial charge in [0.1, 0.15) is 0 Å². The van der Waals surface area contributed by atoms with Gasteiger partial charge in [-0.1, -0.05) is 37.6 Å². The monoisotopic (exact) mass is 234 g/mol. The van der Waals surface area contributed by atoms with Gasteiger partial charge in [-0.3, -0.25) is 0 Å². The van der Waals surface area contributed by atoms with E-state index in [9.17, 15) is 5.11 Å². The predicted molar refractivity (Wildman–Crippen MR) is 68.9 cm³/mol. The Hall–Kier alpha value is -0.860. The molecule has 94 valence electrons. The van der Waals surface area contributed by atoms with Crippen molar-refractivity contribution in [2.24, 2.45) is 5.92 Å². The van der Waals surface area contributed by atoms with E-state index in [1.54, 1.807) is 0 Å². The molecule has 1 saturated heterocycles. The van der Waals surface area contributed by atoms with Crippen molar-refractivity contribution in [1.29, 1.82) is 0 Å². The normalized spacial score (nSPS) is 21.6. The number of benzene rings is 1. The first-order valence-corrected chi connectivity index (χ1v) is 6.64. The van der Waals surface area contributed by atoms with Gasteiger partial charge < -0.3 is 9.84 Å². The van der Waals surface area contributed by atoms with Crippen LogP contribution in [0.4, 0.5) is 0 Å². The van der Waals surface area contributed by atoms with Gasteiger partial charge in [-0.05, 0) is 36.3 Å². The summed E-state index contributed by atoms with van der Waals surface area (Å²) in [6.07, 6.45) is 3.82. The van der Waals surface area contributed by atoms with Crippen molar-refractivity contribution in [3.8, 4) is 0 Å². The molecule has 1 heterocycles. The zero-order valence-corrected chi connectivity index (χ0v) is 10.6. The minimum Gasteiger partial charge on any atom is -0.388 e. The second-order valence-electron chi connectivity index (χ2n) is 4.98. The number of hydrogen-bond donors (Lipinski definition) is 1. The molecule has 0 amide bonds. The molecule has 2 rings (SSSR count). The molecular formula is C15H22O2. The third kappa shape index (κ3) is 3.55. The van der Waals surface area contributed by atoms with E-state index in [-0.39, 0.29) is 6.10 Å². The molecular weight excluding hydrogens is 212 g/mol. The first-order chi connectivity index (χ1) is 8.29. The van der Waals surface area contributed by atoms with E-state index >= 15 is 0 Å². The summed E-state index contributed by atoms with van der Waals surface area (Å²) < 4.78 is 5.35. The molecule has 1 fully saturated rings. The second kappa shape index (κ2) is 6.18. The number of ether oxygens (including phenoxy) is 1. The quantitative estimate of drug-likeness (QED) is 0.848. The minimum absolute atomic E-state index is 0.335. The van der Waals surface area contributed by atoms with E-state index in [0.29, 0.717) is 5.92 Å². The number of aliphatic hydroxyl groups is 1. The first-order valence-electron chi connectivity index (χ1n) is 6.64. The summed E-state index contributed by atoms with van der Waals surface area (Å²) >= 11 is 0. The maximum absolute atomic E-state index is 10.2. The Kier molecular flexibility index (Phi) is 4.57. The van der Waals surface area contributed by atoms with E-state index in [1.165, 1.54) is 5.56 Å². The van der Waals surface area contributed by atoms with Gasteiger partial charge in [-0.2, -0.15) is 0 Å². The molecule has 0 radical (unpaired) electrons. The lowest BCUT2D eigenvalue weighted by Crippen LogP contribution is -2.07. The van der Waals surface area contributed by atoms with Crippen LogP contribution in [-0.2, 0) is 11.2 Å². The fourth-order valence-electron chi connectivity index (χ4n) is 2.47. The van der Waals surface area contributed by atoms with Gasteiger partial charge in [-0.15, -0.1) is 0 Å². The fourth-order valence-corrected chi connectivity index (χ4v) is 2.47. The standard InChI is InChI=1S/C15H22O2/c1-2-4-12-5-3-6-14(9-12)15(16)10-13-7-8-17-11-13/h3,5-6,9,13,15-16H,2,4,7-8,10-11H2,1H3. The predicted octanol–water partition coefficient (Wildman–Crippen LogP) is 3.10. The number of rotatable bonds is 5. The third-order valence-electron chi connectivity index (χ3n) is 3.46. The van der Waals surface area contributed by atoms with Gasteiger partial charge in [0, 0.05) is 13.2 Å². The Balaban J connectivity index is 1.97. The molecule has 17 heavy (non-hydrogen) atoms. The van der Waals surface area contributed by atoms with Crippen molar-refractivity contribution in [2.45, 2.75) is 38.7 Å². The molecule has 0 aromatic heterocycles. The lowest BCUT2D eigenvalue weighted by molar-refractivity contribution is 0.129. The molecule has 1 aliphatic rings. The van der Waals surface area contributed by atoms with Crippen molar-refractivity contribution in [3.63, 3.8) is 0 Å². The highest BCUT2D eigenvalue weighted by atomic mass is 16.5. The Morgan fingerprint density at radius 1 is 1.47 bits per heavy atom. The Morgan fingerprint density at radius 2 is 2.35 bits per heavy atom. The molecule has 1 aromatic carbocycles. The van der Waals surface area contributed by atoms with Gasteiger partial charge in [0.15, 0.2) is 0 Å². The molecule has 2 heteroatoms. The van der Waals surface area contributed by atoms with E-state index < -0.39 is 0 Å². The zero-order chi connectivity index (χ0) is 12.1. The molecule has 0 aliphatic carbocycles. The maximum atomic E-state index is 10.2. The number of aliphatic hydroxyl groups excluding tert-OH is 1. The Morgan fingerprint density at radius 3 is 3.06 bits per heavy atom. The fraction of sp³-hybridized carbons (Fsp3) is 0.600. The van der Waals surface area contributed by atoms with Gasteiger partial charge >= 0.3 is 0 Å². The van der Waals surface area contributed by atoms with Crippen molar-refractivity contribution in [2.75, 3.05) is 13.2 Å². The van der Waals surface area contributed by atoms with Crippen LogP contribution in [0.3, 0.4) is 0 Å². The third-order valence-corrected chi connectivity index (χ3v) is 3.46. The Bertz CT molecular complexity index is 343. The van der Waals surface area contributed by atoms with E-state index in [0.717, 1.165) is 44.5 Å². The van der Waals surface area contributed by atoms with E-state index in [1.807, 2.05) is 6.07 Å². The summed E-state index contributed by atoms with van der Waals surface area (Å²) in [6.45, 7) is 3.85. The van der Waals surface area contributed by atoms with Crippen LogP contribution in [0.1, 0.15) is 43.4 Å². The lowest BCUT2D eigenvalue weighted by atomic mass is 9.95. The van der Waals surface area contributed by atoms with Crippen LogP contribution in [0.5, 0.6) is 0 Å². The Labute approximate surface area is 104 Å². The van der Waals surface area contributed by atoms with Crippen molar-refractivity contribution >= 4 is 0 Å². The SMILES string of the molecule is CCCc1cccc(C(O)CC2CCOC2)c1. The van der Waals surface area contributed by atoms with Gasteiger partial charge in [0.2, 0.25) is 0 Å². The molecule has 1 N–H and O–H groups in total. The van der Waals surface area contributed by atoms with Crippen LogP contribution in [0.25, 0.3) is 0 Å². The van der Waals surface area contributed by atoms with Gasteiger partial charge in [0.05, 0.1) is 6.10 Å². The summed E-state index contributed by atoms with van der Waals surface area (Å²) in [5, 5.41) is 10.2. The van der Waals surface area contributed by atoms with Crippen LogP contribution in [0.15, 0.2) is 24.3 Å². The maximum Gasteiger partial charge on any atom is 0.0793 e. The highest BCUT2D eigenvalue weighted by Crippen LogP contribution is 2.26. The molecule has 2 unspecified atom stereocenters. The summed E-state index contributed by atoms with van der Waals surface area (Å²) in [4.78, 5) is 0. The summed E-state index contributed by atoms with van der Waals surface area (Å²) in [7, 11) is 0. The number of aryl methyl sites for hydroxylation is 1. The average Bonchev–Trinajstić information content (AvgIpc) is 2.83. The minimum atomic E-state index is -0.335. The highest BCUT2D eigenvalue weighted by molar-refractivity contribution is 5.25. The number of hydrogen-bond acceptors (Lipinski definition) is 2. The van der Waals surface area contributed by atoms with Crippen LogP contribution >= 0.6 is 0 Å². The van der Waals surface area contributed by atoms with Crippen LogP contribution < -0.4 is 0 Å². The zero-order valence-electron chi connectivity index (χ0n) is 10.6. The van der Waals surface area contributed by atoms with Gasteiger partial charge in [0.25, 0.3) is 0 Å². The van der Waals surface area contributed by atoms with Crippen LogP contribution in [0, 0.1) is 5.92 Å². The van der Waals surface area contributed by atoms with E-state index in [2.05, 4.69) is 25.1 Å². The topological polar surface area (TPSA) is 29.5 Å². The molecule has 2 atom stereocenters. The highest BCUT2D eigenvalue weighted by Gasteiger charge is 2.20. The molecule has 1 aliphatic heterocycles. The lowest BCUT2D eigenvalue weighted by Gasteiger charge is -2.15. The van der Waals surface area contributed by atoms with Crippen LogP contribution in [-0.4, -0.2) is 18.3 Å². The summed E-state index contributed by atoms with van der Waals surface area (Å²) in [5.74, 6) is 0.528. The van der Waals surface area contributed by atoms with Gasteiger partial charge in [-0.25, -0.2) is 0 Å². The van der Waals surface area contributed by atoms with Crippen molar-refractivity contribution in [1.82, 2.24) is 0 Å². The largest absolute Gasteiger partial charge is 0.388 e. The molecule has 2 nitrogen and oxygen atoms in total. The second-order valence-corrected chi connectivity index (χ2v) is 4.98.